The van der Waals surface area contributed by atoms with Crippen molar-refractivity contribution in [1.29, 1.82) is 0 Å². The monoisotopic (exact) mass is 340 g/mol. The highest BCUT2D eigenvalue weighted by Gasteiger charge is 2.30. The first-order valence-electron chi connectivity index (χ1n) is 6.70. The van der Waals surface area contributed by atoms with Gasteiger partial charge in [-0.1, -0.05) is 6.07 Å². The number of aromatic nitrogens is 1. The lowest BCUT2D eigenvalue weighted by Gasteiger charge is -2.31. The van der Waals surface area contributed by atoms with E-state index in [0.717, 1.165) is 12.8 Å². The van der Waals surface area contributed by atoms with E-state index < -0.39 is 0 Å². The molecule has 2 rings (SSSR count). The van der Waals surface area contributed by atoms with E-state index in [1.807, 2.05) is 0 Å². The molecule has 1 aromatic rings. The van der Waals surface area contributed by atoms with Crippen molar-refractivity contribution in [3.63, 3.8) is 0 Å². The van der Waals surface area contributed by atoms with Crippen LogP contribution in [-0.4, -0.2) is 41.5 Å². The van der Waals surface area contributed by atoms with Crippen LogP contribution < -0.4 is 0 Å². The average molecular weight is 341 g/mol. The van der Waals surface area contributed by atoms with Gasteiger partial charge in [-0.3, -0.25) is 9.59 Å². The molecule has 5 nitrogen and oxygen atoms in total. The summed E-state index contributed by atoms with van der Waals surface area (Å²) in [6.07, 6.45) is 1.58. The van der Waals surface area contributed by atoms with Crippen molar-refractivity contribution >= 4 is 27.8 Å². The third-order valence-electron chi connectivity index (χ3n) is 3.26. The van der Waals surface area contributed by atoms with Crippen LogP contribution in [0.5, 0.6) is 0 Å². The first-order valence-corrected chi connectivity index (χ1v) is 7.49. The average Bonchev–Trinajstić information content (AvgIpc) is 2.47. The smallest absolute Gasteiger partial charge is 0.310 e. The number of pyridine rings is 1. The van der Waals surface area contributed by atoms with Crippen LogP contribution in [0.2, 0.25) is 0 Å². The molecule has 1 aromatic heterocycles. The van der Waals surface area contributed by atoms with Crippen LogP contribution in [0.4, 0.5) is 0 Å². The van der Waals surface area contributed by atoms with Crippen molar-refractivity contribution < 1.29 is 14.3 Å². The van der Waals surface area contributed by atoms with E-state index in [-0.39, 0.29) is 17.8 Å². The Bertz CT molecular complexity index is 507. The molecule has 0 saturated carbocycles. The van der Waals surface area contributed by atoms with Crippen molar-refractivity contribution in [2.45, 2.75) is 19.8 Å². The maximum absolute atomic E-state index is 12.4. The van der Waals surface area contributed by atoms with E-state index in [4.69, 9.17) is 4.74 Å². The first-order chi connectivity index (χ1) is 9.61. The minimum Gasteiger partial charge on any atom is -0.466 e. The summed E-state index contributed by atoms with van der Waals surface area (Å²) in [6.45, 7) is 3.22. The molecule has 0 unspecified atom stereocenters. The van der Waals surface area contributed by atoms with Gasteiger partial charge in [0.05, 0.1) is 12.5 Å². The molecule has 2 heterocycles. The van der Waals surface area contributed by atoms with Gasteiger partial charge in [-0.15, -0.1) is 0 Å². The Kier molecular flexibility index (Phi) is 5.11. The molecule has 0 radical (unpaired) electrons. The lowest BCUT2D eigenvalue weighted by atomic mass is 9.98. The molecule has 0 spiro atoms. The van der Waals surface area contributed by atoms with Gasteiger partial charge in [-0.2, -0.15) is 0 Å². The summed E-state index contributed by atoms with van der Waals surface area (Å²) in [5, 5.41) is 0. The Hall–Kier alpha value is -1.43. The fraction of sp³-hybridized carbons (Fsp3) is 0.500. The molecule has 0 N–H and O–H groups in total. The second-order valence-electron chi connectivity index (χ2n) is 4.69. The minimum absolute atomic E-state index is 0.139. The number of ether oxygens (including phenoxy) is 1. The van der Waals surface area contributed by atoms with Crippen molar-refractivity contribution in [2.75, 3.05) is 19.7 Å². The Morgan fingerprint density at radius 1 is 1.50 bits per heavy atom. The number of hydrogen-bond donors (Lipinski definition) is 0. The number of amides is 1. The lowest BCUT2D eigenvalue weighted by molar-refractivity contribution is -0.149. The van der Waals surface area contributed by atoms with E-state index in [0.29, 0.717) is 30.0 Å². The molecule has 20 heavy (non-hydrogen) atoms. The third kappa shape index (κ3) is 3.56. The van der Waals surface area contributed by atoms with Gasteiger partial charge < -0.3 is 9.64 Å². The van der Waals surface area contributed by atoms with Crippen molar-refractivity contribution in [1.82, 2.24) is 9.88 Å². The summed E-state index contributed by atoms with van der Waals surface area (Å²) in [7, 11) is 0. The van der Waals surface area contributed by atoms with E-state index in [1.165, 1.54) is 0 Å². The number of carbonyl (C=O) groups is 2. The highest BCUT2D eigenvalue weighted by atomic mass is 79.9. The third-order valence-corrected chi connectivity index (χ3v) is 3.70. The maximum Gasteiger partial charge on any atom is 0.310 e. The number of halogens is 1. The van der Waals surface area contributed by atoms with Gasteiger partial charge >= 0.3 is 5.97 Å². The predicted octanol–water partition coefficient (Wildman–Crippen LogP) is 2.26. The van der Waals surface area contributed by atoms with Gasteiger partial charge in [0.1, 0.15) is 10.3 Å². The molecule has 0 aromatic carbocycles. The summed E-state index contributed by atoms with van der Waals surface area (Å²) in [6, 6.07) is 5.23. The Morgan fingerprint density at radius 2 is 2.30 bits per heavy atom. The van der Waals surface area contributed by atoms with E-state index >= 15 is 0 Å². The Morgan fingerprint density at radius 3 is 3.00 bits per heavy atom. The van der Waals surface area contributed by atoms with Crippen LogP contribution in [-0.2, 0) is 9.53 Å². The zero-order valence-corrected chi connectivity index (χ0v) is 12.9. The molecule has 0 bridgehead atoms. The van der Waals surface area contributed by atoms with Gasteiger partial charge in [-0.25, -0.2) is 4.98 Å². The lowest BCUT2D eigenvalue weighted by Crippen LogP contribution is -2.43. The molecule has 1 atom stereocenters. The summed E-state index contributed by atoms with van der Waals surface area (Å²) in [4.78, 5) is 30.0. The van der Waals surface area contributed by atoms with Gasteiger partial charge in [-0.05, 0) is 47.8 Å². The summed E-state index contributed by atoms with van der Waals surface area (Å²) in [5.41, 5.74) is 0.392. The number of hydrogen-bond acceptors (Lipinski definition) is 4. The highest BCUT2D eigenvalue weighted by molar-refractivity contribution is 9.10. The SMILES string of the molecule is CCOC(=O)[C@H]1CCCN(C(=O)c2cccc(Br)n2)C1. The van der Waals surface area contributed by atoms with Gasteiger partial charge in [0.15, 0.2) is 0 Å². The topological polar surface area (TPSA) is 59.5 Å². The number of nitrogens with zero attached hydrogens (tertiary/aromatic N) is 2. The van der Waals surface area contributed by atoms with Crippen LogP contribution in [0.1, 0.15) is 30.3 Å². The molecule has 108 valence electrons. The largest absolute Gasteiger partial charge is 0.466 e. The second kappa shape index (κ2) is 6.83. The molecule has 1 fully saturated rings. The Labute approximate surface area is 126 Å². The molecule has 1 aliphatic rings. The van der Waals surface area contributed by atoms with Crippen molar-refractivity contribution in [3.8, 4) is 0 Å². The summed E-state index contributed by atoms with van der Waals surface area (Å²) < 4.78 is 5.66. The van der Waals surface area contributed by atoms with Crippen LogP contribution in [0.25, 0.3) is 0 Å². The van der Waals surface area contributed by atoms with Crippen LogP contribution >= 0.6 is 15.9 Å². The predicted molar refractivity (Wildman–Crippen MR) is 77.2 cm³/mol. The van der Waals surface area contributed by atoms with Crippen molar-refractivity contribution in [3.05, 3.63) is 28.5 Å². The maximum atomic E-state index is 12.4. The van der Waals surface area contributed by atoms with E-state index in [9.17, 15) is 9.59 Å². The zero-order chi connectivity index (χ0) is 14.5. The molecule has 0 aliphatic carbocycles. The van der Waals surface area contributed by atoms with Crippen LogP contribution in [0.15, 0.2) is 22.8 Å². The number of likely N-dealkylation sites (tertiary alicyclic amines) is 1. The fourth-order valence-corrected chi connectivity index (χ4v) is 2.65. The minimum atomic E-state index is -0.222. The highest BCUT2D eigenvalue weighted by Crippen LogP contribution is 2.20. The van der Waals surface area contributed by atoms with Gasteiger partial charge in [0.2, 0.25) is 0 Å². The molecule has 1 aliphatic heterocycles. The second-order valence-corrected chi connectivity index (χ2v) is 5.50. The fourth-order valence-electron chi connectivity index (χ4n) is 2.30. The van der Waals surface area contributed by atoms with Gasteiger partial charge in [0.25, 0.3) is 5.91 Å². The van der Waals surface area contributed by atoms with Crippen LogP contribution in [0, 0.1) is 5.92 Å². The first kappa shape index (κ1) is 15.0. The zero-order valence-electron chi connectivity index (χ0n) is 11.3. The molecular formula is C14H17BrN2O3. The number of esters is 1. The van der Waals surface area contributed by atoms with Crippen molar-refractivity contribution in [2.24, 2.45) is 5.92 Å². The quantitative estimate of drug-likeness (QED) is 0.625. The van der Waals surface area contributed by atoms with Gasteiger partial charge in [0, 0.05) is 13.1 Å². The Balaban J connectivity index is 2.05. The standard InChI is InChI=1S/C14H17BrN2O3/c1-2-20-14(19)10-5-4-8-17(9-10)13(18)11-6-3-7-12(15)16-11/h3,6-7,10H,2,4-5,8-9H2,1H3/t10-/m0/s1. The van der Waals surface area contributed by atoms with E-state index in [2.05, 4.69) is 20.9 Å². The van der Waals surface area contributed by atoms with E-state index in [1.54, 1.807) is 30.0 Å². The summed E-state index contributed by atoms with van der Waals surface area (Å²) >= 11 is 3.25. The van der Waals surface area contributed by atoms with Crippen LogP contribution in [0.3, 0.4) is 0 Å². The number of piperidine rings is 1. The molecular weight excluding hydrogens is 324 g/mol. The molecule has 1 amide bonds. The molecule has 6 heteroatoms. The number of rotatable bonds is 3. The summed E-state index contributed by atoms with van der Waals surface area (Å²) in [5.74, 6) is -0.577. The normalized spacial score (nSPS) is 18.7. The number of carbonyl (C=O) groups excluding carboxylic acids is 2. The molecule has 1 saturated heterocycles.